The van der Waals surface area contributed by atoms with Crippen LogP contribution >= 0.6 is 22.9 Å². The number of aromatic nitrogens is 6. The summed E-state index contributed by atoms with van der Waals surface area (Å²) in [6.45, 7) is 24.9. The molecular formula is C40H61ClN12O4S. The summed E-state index contributed by atoms with van der Waals surface area (Å²) in [6, 6.07) is 6.57. The molecular weight excluding hydrogens is 780 g/mol. The van der Waals surface area contributed by atoms with Gasteiger partial charge in [0.1, 0.15) is 28.4 Å². The Balaban J connectivity index is 0.000000389. The van der Waals surface area contributed by atoms with Gasteiger partial charge in [-0.2, -0.15) is 9.97 Å². The van der Waals surface area contributed by atoms with Crippen LogP contribution in [0.2, 0.25) is 5.15 Å². The minimum atomic E-state index is -0.380. The predicted octanol–water partition coefficient (Wildman–Crippen LogP) is 6.91. The lowest BCUT2D eigenvalue weighted by Crippen LogP contribution is -2.27. The van der Waals surface area contributed by atoms with Crippen molar-refractivity contribution in [1.29, 1.82) is 0 Å². The van der Waals surface area contributed by atoms with E-state index in [1.807, 2.05) is 95.4 Å². The van der Waals surface area contributed by atoms with Crippen LogP contribution in [0.3, 0.4) is 0 Å². The molecule has 4 aromatic rings. The molecule has 0 aliphatic rings. The Morgan fingerprint density at radius 1 is 0.655 bits per heavy atom. The van der Waals surface area contributed by atoms with Crippen LogP contribution in [-0.2, 0) is 20.8 Å². The van der Waals surface area contributed by atoms with E-state index in [4.69, 9.17) is 34.5 Å². The maximum atomic E-state index is 11.7. The number of aryl methyl sites for hydroxylation is 1. The molecule has 0 radical (unpaired) electrons. The summed E-state index contributed by atoms with van der Waals surface area (Å²) in [7, 11) is 0. The number of nitrogen functional groups attached to an aromatic ring is 4. The van der Waals surface area contributed by atoms with Crippen molar-refractivity contribution in [2.45, 2.75) is 96.4 Å². The predicted molar refractivity (Wildman–Crippen MR) is 236 cm³/mol. The summed E-state index contributed by atoms with van der Waals surface area (Å²) in [5.41, 5.74) is 22.7. The molecule has 58 heavy (non-hydrogen) atoms. The Morgan fingerprint density at radius 2 is 1.14 bits per heavy atom. The van der Waals surface area contributed by atoms with E-state index in [9.17, 15) is 19.2 Å². The van der Waals surface area contributed by atoms with Crippen LogP contribution in [0.5, 0.6) is 0 Å². The number of nitrogens with one attached hydrogen (secondary N) is 2. The smallest absolute Gasteiger partial charge is 0.223 e. The lowest BCUT2D eigenvalue weighted by atomic mass is 9.87. The van der Waals surface area contributed by atoms with Gasteiger partial charge < -0.3 is 33.6 Å². The number of anilines is 6. The minimum absolute atomic E-state index is 0.0817. The molecule has 16 nitrogen and oxygen atoms in total. The molecule has 0 fully saturated rings. The lowest BCUT2D eigenvalue weighted by molar-refractivity contribution is -0.126. The zero-order chi connectivity index (χ0) is 44.8. The third kappa shape index (κ3) is 19.7. The van der Waals surface area contributed by atoms with E-state index < -0.39 is 0 Å². The Kier molecular flexibility index (Phi) is 18.8. The zero-order valence-corrected chi connectivity index (χ0v) is 37.6. The first-order valence-corrected chi connectivity index (χ1v) is 19.6. The Morgan fingerprint density at radius 3 is 1.53 bits per heavy atom. The highest BCUT2D eigenvalue weighted by Crippen LogP contribution is 2.22. The molecule has 0 bridgehead atoms. The highest BCUT2D eigenvalue weighted by atomic mass is 35.5. The molecule has 10 N–H and O–H groups in total. The molecule has 0 aliphatic heterocycles. The highest BCUT2D eigenvalue weighted by Gasteiger charge is 2.24. The summed E-state index contributed by atoms with van der Waals surface area (Å²) >= 11 is 7.07. The molecule has 0 atom stereocenters. The van der Waals surface area contributed by atoms with E-state index in [0.29, 0.717) is 34.6 Å². The van der Waals surface area contributed by atoms with Gasteiger partial charge in [0.15, 0.2) is 22.5 Å². The first-order valence-electron chi connectivity index (χ1n) is 18.3. The van der Waals surface area contributed by atoms with Crippen molar-refractivity contribution in [3.05, 3.63) is 57.9 Å². The fourth-order valence-electron chi connectivity index (χ4n) is 3.94. The van der Waals surface area contributed by atoms with Crippen LogP contribution in [0.25, 0.3) is 0 Å². The van der Waals surface area contributed by atoms with Gasteiger partial charge in [0, 0.05) is 56.6 Å². The largest absolute Gasteiger partial charge is 0.384 e. The first kappa shape index (κ1) is 50.7. The van der Waals surface area contributed by atoms with Gasteiger partial charge in [-0.25, -0.2) is 19.9 Å². The standard InChI is InChI=1S/C11H18N4O.C10H15ClN4O.C10H14N2O.C9H14N2OS/c1-7-5-9(15-10(12)14-7)13-6-8(16)11(2,3)4;1-10(2,3)6(16)5-13-8-4-7(11)14-9(12)15-8;1-10(2,3)9(13)7-4-5-12-8(11)6-7;1-9(2,3)7(12)4-6-5-13-8(10)11-6/h5H,6H2,1-4H3,(H3,12,13,14,15);4H,5H2,1-3H3,(H3,12,13,14,15);4-6H,1-3H3,(H2,11,12);5H,4H2,1-3H3,(H2,10,11). The molecule has 0 aliphatic carbocycles. The van der Waals surface area contributed by atoms with E-state index in [-0.39, 0.29) is 74.9 Å². The Hall–Kier alpha value is -5.29. The van der Waals surface area contributed by atoms with Crippen molar-refractivity contribution in [3.63, 3.8) is 0 Å². The summed E-state index contributed by atoms with van der Waals surface area (Å²) in [4.78, 5) is 70.0. The van der Waals surface area contributed by atoms with Gasteiger partial charge in [-0.1, -0.05) is 94.7 Å². The van der Waals surface area contributed by atoms with E-state index in [2.05, 4.69) is 40.5 Å². The third-order valence-corrected chi connectivity index (χ3v) is 8.51. The number of Topliss-reactive ketones (excluding diaryl/α,β-unsaturated/α-hetero) is 4. The van der Waals surface area contributed by atoms with Gasteiger partial charge >= 0.3 is 0 Å². The zero-order valence-electron chi connectivity index (χ0n) is 36.0. The molecule has 0 saturated carbocycles. The SMILES string of the molecule is CC(C)(C)C(=O)CNc1cc(Cl)nc(N)n1.CC(C)(C)C(=O)Cc1csc(N)n1.CC(C)(C)C(=O)c1ccnc(N)c1.Cc1cc(NCC(=O)C(C)(C)C)nc(N)n1. The quantitative estimate of drug-likeness (QED) is 0.0738. The Bertz CT molecular complexity index is 1890. The maximum Gasteiger partial charge on any atom is 0.223 e. The molecule has 4 aromatic heterocycles. The number of thiazole rings is 1. The number of carbonyl (C=O) groups excluding carboxylic acids is 4. The average Bonchev–Trinajstić information content (AvgIpc) is 3.48. The van der Waals surface area contributed by atoms with Gasteiger partial charge in [0.25, 0.3) is 0 Å². The van der Waals surface area contributed by atoms with E-state index in [0.717, 1.165) is 11.4 Å². The number of nitrogens with two attached hydrogens (primary N) is 4. The summed E-state index contributed by atoms with van der Waals surface area (Å²) < 4.78 is 0. The fraction of sp³-hybridized carbons (Fsp3) is 0.500. The maximum absolute atomic E-state index is 11.7. The molecule has 0 spiro atoms. The van der Waals surface area contributed by atoms with E-state index in [1.165, 1.54) is 17.4 Å². The molecule has 318 valence electrons. The van der Waals surface area contributed by atoms with Crippen LogP contribution in [0.1, 0.15) is 105 Å². The first-order chi connectivity index (χ1) is 26.4. The molecule has 0 aromatic carbocycles. The number of hydrogen-bond acceptors (Lipinski definition) is 17. The number of hydrogen-bond donors (Lipinski definition) is 6. The lowest BCUT2D eigenvalue weighted by Gasteiger charge is -2.17. The van der Waals surface area contributed by atoms with Crippen LogP contribution in [0.4, 0.5) is 34.5 Å². The highest BCUT2D eigenvalue weighted by molar-refractivity contribution is 7.13. The van der Waals surface area contributed by atoms with Crippen molar-refractivity contribution in [3.8, 4) is 0 Å². The van der Waals surface area contributed by atoms with Gasteiger partial charge in [-0.3, -0.25) is 19.2 Å². The van der Waals surface area contributed by atoms with Crippen molar-refractivity contribution >= 4 is 80.6 Å². The van der Waals surface area contributed by atoms with Crippen molar-refractivity contribution in [2.24, 2.45) is 21.7 Å². The number of halogens is 1. The second-order valence-corrected chi connectivity index (χ2v) is 18.6. The summed E-state index contributed by atoms with van der Waals surface area (Å²) in [6.07, 6.45) is 1.94. The van der Waals surface area contributed by atoms with Crippen molar-refractivity contribution in [2.75, 3.05) is 46.7 Å². The molecule has 0 unspecified atom stereocenters. The fourth-order valence-corrected chi connectivity index (χ4v) is 4.69. The van der Waals surface area contributed by atoms with Gasteiger partial charge in [-0.05, 0) is 19.1 Å². The van der Waals surface area contributed by atoms with Gasteiger partial charge in [-0.15, -0.1) is 11.3 Å². The van der Waals surface area contributed by atoms with Crippen molar-refractivity contribution < 1.29 is 19.2 Å². The van der Waals surface area contributed by atoms with Crippen LogP contribution in [0.15, 0.2) is 35.8 Å². The molecule has 0 saturated heterocycles. The second kappa shape index (κ2) is 21.5. The van der Waals surface area contributed by atoms with E-state index >= 15 is 0 Å². The topological polar surface area (TPSA) is 274 Å². The van der Waals surface area contributed by atoms with E-state index in [1.54, 1.807) is 24.4 Å². The number of carbonyl (C=O) groups is 4. The number of ketones is 4. The number of pyridine rings is 1. The van der Waals surface area contributed by atoms with Crippen LogP contribution in [-0.4, -0.2) is 66.1 Å². The van der Waals surface area contributed by atoms with Crippen LogP contribution < -0.4 is 33.6 Å². The van der Waals surface area contributed by atoms with Crippen molar-refractivity contribution in [1.82, 2.24) is 29.9 Å². The second-order valence-electron chi connectivity index (χ2n) is 17.3. The molecule has 4 rings (SSSR count). The molecule has 18 heteroatoms. The third-order valence-electron chi connectivity index (χ3n) is 7.59. The number of rotatable bonds is 9. The normalized spacial score (nSPS) is 11.3. The molecule has 4 heterocycles. The monoisotopic (exact) mass is 840 g/mol. The Labute approximate surface area is 351 Å². The summed E-state index contributed by atoms with van der Waals surface area (Å²) in [5.74, 6) is 2.21. The summed E-state index contributed by atoms with van der Waals surface area (Å²) in [5, 5.41) is 8.42. The molecule has 0 amide bonds. The average molecular weight is 842 g/mol. The van der Waals surface area contributed by atoms with Gasteiger partial charge in [0.05, 0.1) is 25.2 Å². The van der Waals surface area contributed by atoms with Gasteiger partial charge in [0.2, 0.25) is 11.9 Å². The number of nitrogens with zero attached hydrogens (tertiary/aromatic N) is 6. The minimum Gasteiger partial charge on any atom is -0.384 e. The van der Waals surface area contributed by atoms with Crippen LogP contribution in [0, 0.1) is 28.6 Å².